The Kier molecular flexibility index (Phi) is 4.20. The Hall–Kier alpha value is -1.36. The number of benzene rings is 1. The molecule has 1 rings (SSSR count). The van der Waals surface area contributed by atoms with E-state index in [1.54, 1.807) is 24.3 Å². The largest absolute Gasteiger partial charge is 0.493 e. The number of aldehydes is 1. The van der Waals surface area contributed by atoms with Gasteiger partial charge in [-0.1, -0.05) is 12.1 Å². The van der Waals surface area contributed by atoms with Gasteiger partial charge in [0, 0.05) is 0 Å². The topological polar surface area (TPSA) is 35.5 Å². The molecule has 0 bridgehead atoms. The van der Waals surface area contributed by atoms with Crippen LogP contribution in [0.15, 0.2) is 24.3 Å². The standard InChI is InChI=1S/C10H10BO3S/c1-13-10-7-8(3-2-6-12)4-5-9(10)14-15-11/h2-7,11H,1H3/b3-2+/i11T. The normalized spacial score (nSPS) is 10.9. The van der Waals surface area contributed by atoms with Crippen molar-refractivity contribution in [3.05, 3.63) is 29.8 Å². The van der Waals surface area contributed by atoms with Crippen LogP contribution in [-0.4, -0.2) is 21.8 Å². The summed E-state index contributed by atoms with van der Waals surface area (Å²) in [5, 5.41) is 0. The van der Waals surface area contributed by atoms with Crippen molar-refractivity contribution in [3.63, 3.8) is 0 Å². The molecule has 0 saturated carbocycles. The minimum absolute atomic E-state index is 0.541. The second-order valence-corrected chi connectivity index (χ2v) is 2.94. The fourth-order valence-corrected chi connectivity index (χ4v) is 1.30. The SMILES string of the molecule is [3H][B]SOc1ccc(/C=C/C=O)cc1OC. The van der Waals surface area contributed by atoms with Crippen molar-refractivity contribution in [2.75, 3.05) is 7.11 Å². The van der Waals surface area contributed by atoms with Crippen molar-refractivity contribution in [1.82, 2.24) is 0 Å². The smallest absolute Gasteiger partial charge is 0.227 e. The maximum absolute atomic E-state index is 10.2. The molecule has 0 aromatic heterocycles. The summed E-state index contributed by atoms with van der Waals surface area (Å²) in [5.74, 6) is 1.10. The highest BCUT2D eigenvalue weighted by atomic mass is 32.2. The summed E-state index contributed by atoms with van der Waals surface area (Å²) in [7, 11) is 2.62. The molecule has 0 N–H and O–H groups in total. The average Bonchev–Trinajstić information content (AvgIpc) is 2.34. The number of methoxy groups -OCH3 is 1. The Labute approximate surface area is 95.3 Å². The molecule has 0 aliphatic rings. The summed E-state index contributed by atoms with van der Waals surface area (Å²) in [6.45, 7) is 0. The van der Waals surface area contributed by atoms with Crippen LogP contribution in [0.3, 0.4) is 0 Å². The van der Waals surface area contributed by atoms with Crippen LogP contribution in [0.1, 0.15) is 5.56 Å². The van der Waals surface area contributed by atoms with Gasteiger partial charge in [0.25, 0.3) is 0 Å². The summed E-state index contributed by atoms with van der Waals surface area (Å²) in [4.78, 5) is 10.2. The summed E-state index contributed by atoms with van der Waals surface area (Å²) >= 11 is 0.902. The fraction of sp³-hybridized carbons (Fsp3) is 0.100. The molecule has 1 aromatic rings. The van der Waals surface area contributed by atoms with E-state index in [9.17, 15) is 4.79 Å². The summed E-state index contributed by atoms with van der Waals surface area (Å²) in [6, 6.07) is 5.27. The zero-order valence-corrected chi connectivity index (χ0v) is 8.99. The minimum Gasteiger partial charge on any atom is -0.493 e. The molecule has 3 nitrogen and oxygen atoms in total. The van der Waals surface area contributed by atoms with Gasteiger partial charge in [-0.2, -0.15) is 0 Å². The molecule has 1 radical (unpaired) electrons. The number of carbonyl (C=O) groups excluding carboxylic acids is 1. The maximum Gasteiger partial charge on any atom is 0.227 e. The first-order valence-electron chi connectivity index (χ1n) is 4.73. The number of carbonyl (C=O) groups is 1. The third-order valence-corrected chi connectivity index (χ3v) is 1.97. The molecule has 15 heavy (non-hydrogen) atoms. The lowest BCUT2D eigenvalue weighted by Gasteiger charge is -2.08. The second kappa shape index (κ2) is 6.19. The van der Waals surface area contributed by atoms with Crippen LogP contribution in [0.4, 0.5) is 0 Å². The van der Waals surface area contributed by atoms with E-state index in [4.69, 9.17) is 10.3 Å². The Balaban J connectivity index is 2.87. The van der Waals surface area contributed by atoms with Crippen LogP contribution in [-0.2, 0) is 4.79 Å². The van der Waals surface area contributed by atoms with E-state index in [2.05, 4.69) is 0 Å². The van der Waals surface area contributed by atoms with Gasteiger partial charge in [0.15, 0.2) is 11.5 Å². The molecule has 0 saturated heterocycles. The molecule has 0 spiro atoms. The predicted octanol–water partition coefficient (Wildman–Crippen LogP) is 1.75. The highest BCUT2D eigenvalue weighted by molar-refractivity contribution is 8.16. The molecule has 0 atom stereocenters. The van der Waals surface area contributed by atoms with Gasteiger partial charge in [-0.25, -0.2) is 0 Å². The molecule has 0 heterocycles. The van der Waals surface area contributed by atoms with Gasteiger partial charge in [-0.3, -0.25) is 4.79 Å². The van der Waals surface area contributed by atoms with E-state index in [1.807, 2.05) is 0 Å². The molecule has 0 aliphatic carbocycles. The average molecular weight is 223 g/mol. The van der Waals surface area contributed by atoms with Gasteiger partial charge in [-0.05, 0) is 37.0 Å². The van der Waals surface area contributed by atoms with Crippen LogP contribution < -0.4 is 8.92 Å². The van der Waals surface area contributed by atoms with Gasteiger partial charge >= 0.3 is 0 Å². The van der Waals surface area contributed by atoms with E-state index in [1.165, 1.54) is 13.2 Å². The van der Waals surface area contributed by atoms with E-state index in [-0.39, 0.29) is 0 Å². The number of allylic oxidation sites excluding steroid dienone is 1. The first-order chi connectivity index (χ1) is 7.81. The van der Waals surface area contributed by atoms with E-state index in [0.717, 1.165) is 24.5 Å². The van der Waals surface area contributed by atoms with E-state index >= 15 is 0 Å². The maximum atomic E-state index is 10.2. The highest BCUT2D eigenvalue weighted by Crippen LogP contribution is 2.30. The van der Waals surface area contributed by atoms with Gasteiger partial charge in [-0.15, -0.1) is 0 Å². The monoisotopic (exact) mass is 223 g/mol. The molecular formula is C10H10BO3S. The molecular weight excluding hydrogens is 211 g/mol. The predicted molar refractivity (Wildman–Crippen MR) is 63.5 cm³/mol. The van der Waals surface area contributed by atoms with E-state index in [0.29, 0.717) is 17.8 Å². The lowest BCUT2D eigenvalue weighted by atomic mass is 10.2. The van der Waals surface area contributed by atoms with Crippen molar-refractivity contribution in [2.45, 2.75) is 0 Å². The third-order valence-electron chi connectivity index (χ3n) is 1.69. The molecule has 1 aromatic carbocycles. The van der Waals surface area contributed by atoms with Crippen molar-refractivity contribution < 1.29 is 13.7 Å². The molecule has 77 valence electrons. The molecule has 0 fully saturated rings. The van der Waals surface area contributed by atoms with Crippen molar-refractivity contribution in [1.29, 1.82) is 1.34 Å². The first kappa shape index (κ1) is 10.2. The van der Waals surface area contributed by atoms with Gasteiger partial charge < -0.3 is 8.92 Å². The molecule has 0 amide bonds. The van der Waals surface area contributed by atoms with Crippen LogP contribution in [0.5, 0.6) is 11.5 Å². The highest BCUT2D eigenvalue weighted by Gasteiger charge is 2.03. The van der Waals surface area contributed by atoms with E-state index < -0.39 is 0 Å². The van der Waals surface area contributed by atoms with Crippen LogP contribution in [0, 0.1) is 0 Å². The van der Waals surface area contributed by atoms with Crippen molar-refractivity contribution in [3.8, 4) is 11.5 Å². The van der Waals surface area contributed by atoms with Crippen LogP contribution >= 0.6 is 11.9 Å². The molecule has 0 unspecified atom stereocenters. The molecule has 5 heteroatoms. The van der Waals surface area contributed by atoms with Crippen molar-refractivity contribution in [2.24, 2.45) is 0 Å². The van der Waals surface area contributed by atoms with Crippen LogP contribution in [0.2, 0.25) is 0 Å². The lowest BCUT2D eigenvalue weighted by Crippen LogP contribution is -1.89. The zero-order chi connectivity index (χ0) is 11.8. The number of hydrogen-bond acceptors (Lipinski definition) is 4. The third kappa shape index (κ3) is 3.36. The molecule has 0 aliphatic heterocycles. The number of ether oxygens (including phenoxy) is 1. The summed E-state index contributed by atoms with van der Waals surface area (Å²) in [6.07, 6.45) is 3.78. The number of hydrogen-bond donors (Lipinski definition) is 0. The quantitative estimate of drug-likeness (QED) is 0.318. The number of rotatable bonds is 6. The fourth-order valence-electron chi connectivity index (χ4n) is 1.06. The Morgan fingerprint density at radius 1 is 1.53 bits per heavy atom. The Bertz CT molecular complexity index is 384. The minimum atomic E-state index is 0.541. The Morgan fingerprint density at radius 2 is 2.40 bits per heavy atom. The van der Waals surface area contributed by atoms with Gasteiger partial charge in [0.1, 0.15) is 6.29 Å². The van der Waals surface area contributed by atoms with Crippen molar-refractivity contribution >= 4 is 31.3 Å². The van der Waals surface area contributed by atoms with Gasteiger partial charge in [0.2, 0.25) is 7.09 Å². The first-order valence-corrected chi connectivity index (χ1v) is 4.95. The van der Waals surface area contributed by atoms with Crippen LogP contribution in [0.25, 0.3) is 6.08 Å². The second-order valence-electron chi connectivity index (χ2n) is 2.59. The zero-order valence-electron chi connectivity index (χ0n) is 9.17. The Morgan fingerprint density at radius 3 is 3.07 bits per heavy atom. The summed E-state index contributed by atoms with van der Waals surface area (Å²) < 4.78 is 17.2. The summed E-state index contributed by atoms with van der Waals surface area (Å²) in [5.41, 5.74) is 0.844. The lowest BCUT2D eigenvalue weighted by molar-refractivity contribution is -0.104. The van der Waals surface area contributed by atoms with Gasteiger partial charge in [0.05, 0.1) is 7.11 Å².